The molecule has 1 amide bonds. The molecule has 9 heteroatoms. The van der Waals surface area contributed by atoms with E-state index >= 15 is 0 Å². The van der Waals surface area contributed by atoms with Gasteiger partial charge in [-0.25, -0.2) is 4.98 Å². The summed E-state index contributed by atoms with van der Waals surface area (Å²) in [5.74, 6) is -0.295. The Hall–Kier alpha value is -2.26. The fraction of sp³-hybridized carbons (Fsp3) is 0.188. The van der Waals surface area contributed by atoms with Crippen molar-refractivity contribution in [3.63, 3.8) is 0 Å². The second-order valence-corrected chi connectivity index (χ2v) is 6.57. The fourth-order valence-corrected chi connectivity index (χ4v) is 3.21. The summed E-state index contributed by atoms with van der Waals surface area (Å²) in [6.07, 6.45) is 1.54. The van der Waals surface area contributed by atoms with E-state index in [0.29, 0.717) is 32.8 Å². The van der Waals surface area contributed by atoms with Gasteiger partial charge in [-0.3, -0.25) is 9.78 Å². The first-order valence-electron chi connectivity index (χ1n) is 7.47. The number of H-pyrrole nitrogens is 1. The van der Waals surface area contributed by atoms with Gasteiger partial charge >= 0.3 is 0 Å². The molecule has 0 radical (unpaired) electrons. The third-order valence-electron chi connectivity index (χ3n) is 3.50. The molecule has 7 nitrogen and oxygen atoms in total. The monoisotopic (exact) mass is 377 g/mol. The second kappa shape index (κ2) is 7.75. The number of hydrogen-bond acceptors (Lipinski definition) is 6. The smallest absolute Gasteiger partial charge is 0.268 e. The summed E-state index contributed by atoms with van der Waals surface area (Å²) in [4.78, 5) is 23.9. The van der Waals surface area contributed by atoms with E-state index in [4.69, 9.17) is 22.4 Å². The van der Waals surface area contributed by atoms with Crippen LogP contribution in [0.5, 0.6) is 0 Å². The van der Waals surface area contributed by atoms with Crippen LogP contribution in [-0.2, 0) is 6.61 Å². The van der Waals surface area contributed by atoms with Gasteiger partial charge in [0.2, 0.25) is 0 Å². The van der Waals surface area contributed by atoms with Gasteiger partial charge in [0.15, 0.2) is 0 Å². The standard InChI is InChI=1S/C16H16ClN5O2S/c17-9-1-2-11(19-6-9)12-3-4-13(21-12)15(24)22-14(5-18)16-20-10(7-23)8-25-16/h1-4,6,8,14,21,23H,5,7,18H2,(H,22,24)/t14-/m1/s1. The lowest BCUT2D eigenvalue weighted by atomic mass is 10.3. The van der Waals surface area contributed by atoms with Gasteiger partial charge in [0.05, 0.1) is 34.8 Å². The summed E-state index contributed by atoms with van der Waals surface area (Å²) in [5.41, 5.74) is 8.10. The first kappa shape index (κ1) is 17.6. The van der Waals surface area contributed by atoms with Gasteiger partial charge < -0.3 is 21.1 Å². The van der Waals surface area contributed by atoms with Gasteiger partial charge in [0.25, 0.3) is 5.91 Å². The summed E-state index contributed by atoms with van der Waals surface area (Å²) >= 11 is 7.18. The minimum atomic E-state index is -0.418. The highest BCUT2D eigenvalue weighted by Gasteiger charge is 2.19. The van der Waals surface area contributed by atoms with E-state index in [1.54, 1.807) is 35.8 Å². The number of carbonyl (C=O) groups is 1. The maximum absolute atomic E-state index is 12.5. The number of halogens is 1. The van der Waals surface area contributed by atoms with Gasteiger partial charge in [-0.2, -0.15) is 0 Å². The molecular weight excluding hydrogens is 362 g/mol. The Balaban J connectivity index is 1.73. The Kier molecular flexibility index (Phi) is 5.44. The van der Waals surface area contributed by atoms with Crippen LogP contribution < -0.4 is 11.1 Å². The van der Waals surface area contributed by atoms with E-state index in [2.05, 4.69) is 20.3 Å². The number of hydrogen-bond donors (Lipinski definition) is 4. The number of rotatable bonds is 6. The number of amides is 1. The van der Waals surface area contributed by atoms with Crippen LogP contribution in [0.4, 0.5) is 0 Å². The number of nitrogens with zero attached hydrogens (tertiary/aromatic N) is 2. The first-order valence-corrected chi connectivity index (χ1v) is 8.73. The number of aliphatic hydroxyl groups excluding tert-OH is 1. The lowest BCUT2D eigenvalue weighted by Gasteiger charge is -2.13. The summed E-state index contributed by atoms with van der Waals surface area (Å²) < 4.78 is 0. The maximum Gasteiger partial charge on any atom is 0.268 e. The Bertz CT molecular complexity index is 862. The number of nitrogens with two attached hydrogens (primary N) is 1. The van der Waals surface area contributed by atoms with Crippen LogP contribution in [0, 0.1) is 0 Å². The van der Waals surface area contributed by atoms with E-state index < -0.39 is 6.04 Å². The van der Waals surface area contributed by atoms with Crippen molar-refractivity contribution in [2.75, 3.05) is 6.54 Å². The molecule has 0 spiro atoms. The van der Waals surface area contributed by atoms with Crippen molar-refractivity contribution in [1.29, 1.82) is 0 Å². The Morgan fingerprint density at radius 1 is 1.40 bits per heavy atom. The lowest BCUT2D eigenvalue weighted by Crippen LogP contribution is -2.33. The van der Waals surface area contributed by atoms with Crippen LogP contribution >= 0.6 is 22.9 Å². The van der Waals surface area contributed by atoms with E-state index in [1.165, 1.54) is 11.3 Å². The maximum atomic E-state index is 12.5. The van der Waals surface area contributed by atoms with Crippen molar-refractivity contribution in [3.05, 3.63) is 57.3 Å². The van der Waals surface area contributed by atoms with Crippen molar-refractivity contribution in [3.8, 4) is 11.4 Å². The summed E-state index contributed by atoms with van der Waals surface area (Å²) in [7, 11) is 0. The molecule has 0 unspecified atom stereocenters. The highest BCUT2D eigenvalue weighted by Crippen LogP contribution is 2.20. The number of aromatic amines is 1. The zero-order valence-corrected chi connectivity index (χ0v) is 14.6. The van der Waals surface area contributed by atoms with Crippen molar-refractivity contribution < 1.29 is 9.90 Å². The van der Waals surface area contributed by atoms with E-state index in [9.17, 15) is 4.79 Å². The molecule has 0 saturated carbocycles. The molecule has 0 aliphatic heterocycles. The molecule has 3 heterocycles. The van der Waals surface area contributed by atoms with E-state index in [0.717, 1.165) is 0 Å². The highest BCUT2D eigenvalue weighted by atomic mass is 35.5. The molecule has 0 aliphatic rings. The SMILES string of the molecule is NC[C@@H](NC(=O)c1ccc(-c2ccc(Cl)cn2)[nH]1)c1nc(CO)cs1. The van der Waals surface area contributed by atoms with Crippen LogP contribution in [0.2, 0.25) is 5.02 Å². The van der Waals surface area contributed by atoms with Crippen LogP contribution in [-0.4, -0.2) is 32.5 Å². The topological polar surface area (TPSA) is 117 Å². The lowest BCUT2D eigenvalue weighted by molar-refractivity contribution is 0.0933. The zero-order chi connectivity index (χ0) is 17.8. The fourth-order valence-electron chi connectivity index (χ4n) is 2.22. The molecule has 0 bridgehead atoms. The molecule has 0 aromatic carbocycles. The van der Waals surface area contributed by atoms with Crippen molar-refractivity contribution in [1.82, 2.24) is 20.3 Å². The van der Waals surface area contributed by atoms with E-state index in [1.807, 2.05) is 0 Å². The summed E-state index contributed by atoms with van der Waals surface area (Å²) in [6, 6.07) is 6.53. The normalized spacial score (nSPS) is 12.1. The minimum Gasteiger partial charge on any atom is -0.390 e. The molecule has 5 N–H and O–H groups in total. The van der Waals surface area contributed by atoms with Gasteiger partial charge in [-0.1, -0.05) is 11.6 Å². The Morgan fingerprint density at radius 2 is 2.24 bits per heavy atom. The largest absolute Gasteiger partial charge is 0.390 e. The van der Waals surface area contributed by atoms with Crippen molar-refractivity contribution in [2.45, 2.75) is 12.6 Å². The molecule has 3 rings (SSSR count). The van der Waals surface area contributed by atoms with Crippen molar-refractivity contribution in [2.24, 2.45) is 5.73 Å². The molecular formula is C16H16ClN5O2S. The quantitative estimate of drug-likeness (QED) is 0.525. The van der Waals surface area contributed by atoms with Gasteiger partial charge in [-0.15, -0.1) is 11.3 Å². The van der Waals surface area contributed by atoms with Gasteiger partial charge in [-0.05, 0) is 24.3 Å². The van der Waals surface area contributed by atoms with Crippen LogP contribution in [0.15, 0.2) is 35.8 Å². The van der Waals surface area contributed by atoms with Crippen molar-refractivity contribution >= 4 is 28.8 Å². The Morgan fingerprint density at radius 3 is 2.88 bits per heavy atom. The third-order valence-corrected chi connectivity index (χ3v) is 4.74. The highest BCUT2D eigenvalue weighted by molar-refractivity contribution is 7.09. The number of pyridine rings is 1. The van der Waals surface area contributed by atoms with Crippen LogP contribution in [0.3, 0.4) is 0 Å². The van der Waals surface area contributed by atoms with Crippen LogP contribution in [0.1, 0.15) is 27.2 Å². The summed E-state index contributed by atoms with van der Waals surface area (Å²) in [6.45, 7) is 0.0618. The number of aromatic nitrogens is 3. The zero-order valence-electron chi connectivity index (χ0n) is 13.1. The van der Waals surface area contributed by atoms with Crippen LogP contribution in [0.25, 0.3) is 11.4 Å². The third kappa shape index (κ3) is 4.05. The molecule has 0 fully saturated rings. The second-order valence-electron chi connectivity index (χ2n) is 5.24. The minimum absolute atomic E-state index is 0.143. The molecule has 1 atom stereocenters. The average Bonchev–Trinajstić information content (AvgIpc) is 3.29. The molecule has 0 aliphatic carbocycles. The van der Waals surface area contributed by atoms with E-state index in [-0.39, 0.29) is 19.1 Å². The number of thiazole rings is 1. The predicted octanol–water partition coefficient (Wildman–Crippen LogP) is 2.11. The Labute approximate surface area is 152 Å². The molecule has 130 valence electrons. The summed E-state index contributed by atoms with van der Waals surface area (Å²) in [5, 5.41) is 14.9. The predicted molar refractivity (Wildman–Crippen MR) is 96.3 cm³/mol. The molecule has 3 aromatic heterocycles. The first-order chi connectivity index (χ1) is 12.1. The average molecular weight is 378 g/mol. The molecule has 0 saturated heterocycles. The molecule has 25 heavy (non-hydrogen) atoms. The number of aliphatic hydroxyl groups is 1. The molecule has 3 aromatic rings. The van der Waals surface area contributed by atoms with Gasteiger partial charge in [0, 0.05) is 18.1 Å². The van der Waals surface area contributed by atoms with Gasteiger partial charge in [0.1, 0.15) is 10.7 Å². The number of carbonyl (C=O) groups excluding carboxylic acids is 1. The number of nitrogens with one attached hydrogen (secondary N) is 2.